The normalized spacial score (nSPS) is 27.4. The van der Waals surface area contributed by atoms with Crippen LogP contribution in [0.25, 0.3) is 0 Å². The van der Waals surface area contributed by atoms with Crippen molar-refractivity contribution < 1.29 is 0 Å². The average Bonchev–Trinajstić information content (AvgIpc) is 2.93. The SMILES string of the molecule is CCc1nc(Br)cc(NC2CCN3CCCC23)n1. The topological polar surface area (TPSA) is 41.1 Å². The summed E-state index contributed by atoms with van der Waals surface area (Å²) in [5, 5.41) is 3.61. The van der Waals surface area contributed by atoms with Gasteiger partial charge in [0.1, 0.15) is 16.2 Å². The third-order valence-electron chi connectivity index (χ3n) is 4.00. The van der Waals surface area contributed by atoms with Crippen LogP contribution in [0.3, 0.4) is 0 Å². The standard InChI is InChI=1S/C13H19BrN4/c1-2-12-16-11(14)8-13(17-12)15-9-5-7-18-6-3-4-10(9)18/h8-10H,2-7H2,1H3,(H,15,16,17). The summed E-state index contributed by atoms with van der Waals surface area (Å²) in [6.45, 7) is 4.59. The van der Waals surface area contributed by atoms with Crippen LogP contribution < -0.4 is 5.32 Å². The maximum absolute atomic E-state index is 4.56. The lowest BCUT2D eigenvalue weighted by molar-refractivity contribution is 0.318. The van der Waals surface area contributed by atoms with Gasteiger partial charge in [-0.1, -0.05) is 6.92 Å². The van der Waals surface area contributed by atoms with E-state index in [1.807, 2.05) is 6.07 Å². The highest BCUT2D eigenvalue weighted by atomic mass is 79.9. The molecule has 18 heavy (non-hydrogen) atoms. The Morgan fingerprint density at radius 2 is 2.28 bits per heavy atom. The zero-order chi connectivity index (χ0) is 12.5. The lowest BCUT2D eigenvalue weighted by Gasteiger charge is -2.21. The van der Waals surface area contributed by atoms with Crippen molar-refractivity contribution in [2.24, 2.45) is 0 Å². The second kappa shape index (κ2) is 5.13. The van der Waals surface area contributed by atoms with E-state index in [2.05, 4.69) is 43.0 Å². The first-order chi connectivity index (χ1) is 8.76. The molecule has 0 saturated carbocycles. The van der Waals surface area contributed by atoms with Crippen molar-refractivity contribution in [2.75, 3.05) is 18.4 Å². The highest BCUT2D eigenvalue weighted by Crippen LogP contribution is 2.30. The van der Waals surface area contributed by atoms with Gasteiger partial charge in [-0.05, 0) is 41.7 Å². The van der Waals surface area contributed by atoms with Crippen LogP contribution in [0.5, 0.6) is 0 Å². The number of fused-ring (bicyclic) bond motifs is 1. The van der Waals surface area contributed by atoms with Crippen molar-refractivity contribution in [3.05, 3.63) is 16.5 Å². The lowest BCUT2D eigenvalue weighted by Crippen LogP contribution is -2.34. The first-order valence-corrected chi connectivity index (χ1v) is 7.59. The zero-order valence-electron chi connectivity index (χ0n) is 10.7. The van der Waals surface area contributed by atoms with E-state index in [4.69, 9.17) is 0 Å². The molecule has 0 aliphatic carbocycles. The summed E-state index contributed by atoms with van der Waals surface area (Å²) < 4.78 is 0.873. The molecular formula is C13H19BrN4. The van der Waals surface area contributed by atoms with E-state index < -0.39 is 0 Å². The molecule has 1 N–H and O–H groups in total. The van der Waals surface area contributed by atoms with Gasteiger partial charge in [0.05, 0.1) is 0 Å². The number of aryl methyl sites for hydroxylation is 1. The van der Waals surface area contributed by atoms with Crippen LogP contribution in [0.15, 0.2) is 10.7 Å². The molecule has 0 aromatic carbocycles. The summed E-state index contributed by atoms with van der Waals surface area (Å²) in [6, 6.07) is 3.25. The molecule has 0 amide bonds. The first-order valence-electron chi connectivity index (χ1n) is 6.80. The predicted molar refractivity (Wildman–Crippen MR) is 75.7 cm³/mol. The Bertz CT molecular complexity index is 437. The molecule has 3 rings (SSSR count). The van der Waals surface area contributed by atoms with Crippen LogP contribution >= 0.6 is 15.9 Å². The molecule has 2 atom stereocenters. The fraction of sp³-hybridized carbons (Fsp3) is 0.692. The third kappa shape index (κ3) is 2.38. The Labute approximate surface area is 116 Å². The quantitative estimate of drug-likeness (QED) is 0.871. The van der Waals surface area contributed by atoms with E-state index in [-0.39, 0.29) is 0 Å². The first kappa shape index (κ1) is 12.4. The second-order valence-corrected chi connectivity index (χ2v) is 5.94. The molecule has 4 nitrogen and oxygen atoms in total. The van der Waals surface area contributed by atoms with Crippen LogP contribution in [0, 0.1) is 0 Å². The van der Waals surface area contributed by atoms with Crippen molar-refractivity contribution in [2.45, 2.75) is 44.7 Å². The van der Waals surface area contributed by atoms with Gasteiger partial charge in [0.15, 0.2) is 0 Å². The van der Waals surface area contributed by atoms with Crippen molar-refractivity contribution in [3.8, 4) is 0 Å². The molecule has 0 spiro atoms. The molecule has 0 radical (unpaired) electrons. The number of hydrogen-bond donors (Lipinski definition) is 1. The van der Waals surface area contributed by atoms with Gasteiger partial charge < -0.3 is 5.32 Å². The fourth-order valence-corrected chi connectivity index (χ4v) is 3.56. The lowest BCUT2D eigenvalue weighted by atomic mass is 10.1. The summed E-state index contributed by atoms with van der Waals surface area (Å²) in [5.41, 5.74) is 0. The monoisotopic (exact) mass is 310 g/mol. The van der Waals surface area contributed by atoms with Gasteiger partial charge >= 0.3 is 0 Å². The van der Waals surface area contributed by atoms with Crippen LogP contribution in [0.1, 0.15) is 32.0 Å². The molecular weight excluding hydrogens is 292 g/mol. The van der Waals surface area contributed by atoms with Crippen molar-refractivity contribution >= 4 is 21.7 Å². The fourth-order valence-electron chi connectivity index (χ4n) is 3.14. The average molecular weight is 311 g/mol. The number of hydrogen-bond acceptors (Lipinski definition) is 4. The highest BCUT2D eigenvalue weighted by molar-refractivity contribution is 9.10. The Kier molecular flexibility index (Phi) is 3.52. The Hall–Kier alpha value is -0.680. The minimum Gasteiger partial charge on any atom is -0.366 e. The van der Waals surface area contributed by atoms with Crippen molar-refractivity contribution in [1.82, 2.24) is 14.9 Å². The molecule has 2 saturated heterocycles. The van der Waals surface area contributed by atoms with E-state index in [9.17, 15) is 0 Å². The number of nitrogens with one attached hydrogen (secondary N) is 1. The number of nitrogens with zero attached hydrogens (tertiary/aromatic N) is 3. The van der Waals surface area contributed by atoms with E-state index in [1.54, 1.807) is 0 Å². The van der Waals surface area contributed by atoms with Gasteiger partial charge in [0.25, 0.3) is 0 Å². The zero-order valence-corrected chi connectivity index (χ0v) is 12.3. The van der Waals surface area contributed by atoms with Gasteiger partial charge in [-0.15, -0.1) is 0 Å². The minimum absolute atomic E-state index is 0.555. The summed E-state index contributed by atoms with van der Waals surface area (Å²) in [6.07, 6.45) is 4.77. The van der Waals surface area contributed by atoms with Crippen molar-refractivity contribution in [3.63, 3.8) is 0 Å². The summed E-state index contributed by atoms with van der Waals surface area (Å²) in [5.74, 6) is 1.86. The smallest absolute Gasteiger partial charge is 0.131 e. The van der Waals surface area contributed by atoms with Crippen LogP contribution in [0.2, 0.25) is 0 Å². The van der Waals surface area contributed by atoms with E-state index in [1.165, 1.54) is 32.4 Å². The van der Waals surface area contributed by atoms with E-state index >= 15 is 0 Å². The molecule has 2 aliphatic rings. The van der Waals surface area contributed by atoms with Crippen LogP contribution in [-0.4, -0.2) is 40.0 Å². The van der Waals surface area contributed by atoms with Gasteiger partial charge in [0, 0.05) is 31.1 Å². The molecule has 2 aliphatic heterocycles. The largest absolute Gasteiger partial charge is 0.366 e. The molecule has 2 fully saturated rings. The van der Waals surface area contributed by atoms with Gasteiger partial charge in [-0.2, -0.15) is 0 Å². The maximum Gasteiger partial charge on any atom is 0.131 e. The molecule has 2 unspecified atom stereocenters. The Morgan fingerprint density at radius 3 is 3.11 bits per heavy atom. The van der Waals surface area contributed by atoms with Crippen LogP contribution in [0.4, 0.5) is 5.82 Å². The van der Waals surface area contributed by atoms with E-state index in [0.29, 0.717) is 12.1 Å². The maximum atomic E-state index is 4.56. The predicted octanol–water partition coefficient (Wildman–Crippen LogP) is 2.45. The van der Waals surface area contributed by atoms with Gasteiger partial charge in [-0.3, -0.25) is 4.90 Å². The van der Waals surface area contributed by atoms with E-state index in [0.717, 1.165) is 22.7 Å². The summed E-state index contributed by atoms with van der Waals surface area (Å²) in [7, 11) is 0. The molecule has 98 valence electrons. The number of rotatable bonds is 3. The third-order valence-corrected chi connectivity index (χ3v) is 4.40. The molecule has 1 aromatic rings. The number of halogens is 1. The van der Waals surface area contributed by atoms with Gasteiger partial charge in [-0.25, -0.2) is 9.97 Å². The number of aromatic nitrogens is 2. The van der Waals surface area contributed by atoms with Gasteiger partial charge in [0.2, 0.25) is 0 Å². The summed E-state index contributed by atoms with van der Waals surface area (Å²) in [4.78, 5) is 11.5. The summed E-state index contributed by atoms with van der Waals surface area (Å²) >= 11 is 3.46. The minimum atomic E-state index is 0.555. The molecule has 1 aromatic heterocycles. The molecule has 3 heterocycles. The Morgan fingerprint density at radius 1 is 1.39 bits per heavy atom. The number of anilines is 1. The molecule has 0 bridgehead atoms. The van der Waals surface area contributed by atoms with Crippen LogP contribution in [-0.2, 0) is 6.42 Å². The second-order valence-electron chi connectivity index (χ2n) is 5.13. The van der Waals surface area contributed by atoms with Crippen molar-refractivity contribution in [1.29, 1.82) is 0 Å². The molecule has 5 heteroatoms. The highest BCUT2D eigenvalue weighted by Gasteiger charge is 2.37. The Balaban J connectivity index is 1.74.